The van der Waals surface area contributed by atoms with Crippen LogP contribution in [0.15, 0.2) is 0 Å². The molecule has 0 radical (unpaired) electrons. The first-order valence-electron chi connectivity index (χ1n) is 14.0. The molecule has 0 aromatic carbocycles. The Kier molecular flexibility index (Phi) is 32.5. The number of ether oxygens (including phenoxy) is 6. The van der Waals surface area contributed by atoms with E-state index in [1.807, 2.05) is 0 Å². The Morgan fingerprint density at radius 1 is 0.324 bits per heavy atom. The van der Waals surface area contributed by atoms with Crippen molar-refractivity contribution in [2.45, 2.75) is 90.4 Å². The van der Waals surface area contributed by atoms with Crippen LogP contribution in [0, 0.1) is 0 Å². The Balaban J connectivity index is 2.99. The average molecular weight is 493 g/mol. The molecule has 0 aliphatic rings. The molecule has 1 N–H and O–H groups in total. The van der Waals surface area contributed by atoms with Crippen LogP contribution in [0.5, 0.6) is 0 Å². The van der Waals surface area contributed by atoms with Gasteiger partial charge >= 0.3 is 0 Å². The zero-order chi connectivity index (χ0) is 24.6. The first-order valence-corrected chi connectivity index (χ1v) is 14.0. The average Bonchev–Trinajstić information content (AvgIpc) is 2.85. The highest BCUT2D eigenvalue weighted by molar-refractivity contribution is 4.49. The summed E-state index contributed by atoms with van der Waals surface area (Å²) in [5, 5.41) is 8.56. The molecule has 0 rings (SSSR count). The predicted octanol–water partition coefficient (Wildman–Crippen LogP) is 5.17. The Hall–Kier alpha value is -0.280. The van der Waals surface area contributed by atoms with E-state index in [0.29, 0.717) is 72.7 Å². The van der Waals surface area contributed by atoms with Crippen molar-refractivity contribution in [1.82, 2.24) is 0 Å². The molecule has 0 atom stereocenters. The molecule has 0 saturated carbocycles. The largest absolute Gasteiger partial charge is 0.394 e. The zero-order valence-electron chi connectivity index (χ0n) is 22.3. The van der Waals surface area contributed by atoms with E-state index in [0.717, 1.165) is 13.0 Å². The molecule has 0 saturated heterocycles. The minimum absolute atomic E-state index is 0.0431. The molecular formula is C27H56O7. The molecular weight excluding hydrogens is 436 g/mol. The molecule has 0 aliphatic carbocycles. The second kappa shape index (κ2) is 32.7. The molecule has 34 heavy (non-hydrogen) atoms. The van der Waals surface area contributed by atoms with Gasteiger partial charge in [0.05, 0.1) is 79.3 Å². The van der Waals surface area contributed by atoms with Gasteiger partial charge in [-0.1, -0.05) is 84.0 Å². The van der Waals surface area contributed by atoms with Gasteiger partial charge in [-0.2, -0.15) is 0 Å². The van der Waals surface area contributed by atoms with E-state index in [2.05, 4.69) is 6.92 Å². The smallest absolute Gasteiger partial charge is 0.0701 e. The summed E-state index contributed by atoms with van der Waals surface area (Å²) >= 11 is 0. The summed E-state index contributed by atoms with van der Waals surface area (Å²) in [7, 11) is 0. The van der Waals surface area contributed by atoms with Crippen LogP contribution in [-0.4, -0.2) is 91.0 Å². The van der Waals surface area contributed by atoms with Gasteiger partial charge in [-0.15, -0.1) is 0 Å². The molecule has 0 aromatic rings. The molecule has 0 amide bonds. The van der Waals surface area contributed by atoms with Gasteiger partial charge in [-0.3, -0.25) is 0 Å². The Morgan fingerprint density at radius 2 is 0.588 bits per heavy atom. The number of aliphatic hydroxyl groups excluding tert-OH is 1. The molecule has 7 nitrogen and oxygen atoms in total. The van der Waals surface area contributed by atoms with Gasteiger partial charge in [0.2, 0.25) is 0 Å². The lowest BCUT2D eigenvalue weighted by molar-refractivity contribution is -0.0182. The van der Waals surface area contributed by atoms with Crippen molar-refractivity contribution in [1.29, 1.82) is 0 Å². The third-order valence-corrected chi connectivity index (χ3v) is 5.49. The number of hydrogen-bond donors (Lipinski definition) is 1. The van der Waals surface area contributed by atoms with Crippen LogP contribution in [0.1, 0.15) is 90.4 Å². The van der Waals surface area contributed by atoms with Crippen molar-refractivity contribution >= 4 is 0 Å². The van der Waals surface area contributed by atoms with Crippen molar-refractivity contribution in [2.75, 3.05) is 85.9 Å². The first kappa shape index (κ1) is 33.7. The van der Waals surface area contributed by atoms with E-state index in [9.17, 15) is 0 Å². The minimum atomic E-state index is 0.0431. The monoisotopic (exact) mass is 492 g/mol. The fourth-order valence-corrected chi connectivity index (χ4v) is 3.49. The van der Waals surface area contributed by atoms with E-state index in [1.165, 1.54) is 77.0 Å². The highest BCUT2D eigenvalue weighted by Gasteiger charge is 1.96. The number of hydrogen-bond acceptors (Lipinski definition) is 7. The molecule has 0 heterocycles. The molecule has 0 spiro atoms. The fourth-order valence-electron chi connectivity index (χ4n) is 3.49. The predicted molar refractivity (Wildman–Crippen MR) is 138 cm³/mol. The van der Waals surface area contributed by atoms with Gasteiger partial charge < -0.3 is 33.5 Å². The van der Waals surface area contributed by atoms with Crippen molar-refractivity contribution in [2.24, 2.45) is 0 Å². The van der Waals surface area contributed by atoms with Crippen LogP contribution in [0.4, 0.5) is 0 Å². The van der Waals surface area contributed by atoms with E-state index in [-0.39, 0.29) is 6.61 Å². The van der Waals surface area contributed by atoms with Gasteiger partial charge in [-0.25, -0.2) is 0 Å². The summed E-state index contributed by atoms with van der Waals surface area (Å²) in [4.78, 5) is 0. The quantitative estimate of drug-likeness (QED) is 0.134. The van der Waals surface area contributed by atoms with Gasteiger partial charge in [0, 0.05) is 6.61 Å². The van der Waals surface area contributed by atoms with Gasteiger partial charge in [0.1, 0.15) is 0 Å². The van der Waals surface area contributed by atoms with E-state index in [1.54, 1.807) is 0 Å². The maximum atomic E-state index is 8.56. The highest BCUT2D eigenvalue weighted by atomic mass is 16.6. The van der Waals surface area contributed by atoms with Crippen LogP contribution in [0.2, 0.25) is 0 Å². The molecule has 0 aromatic heterocycles. The maximum absolute atomic E-state index is 8.56. The summed E-state index contributed by atoms with van der Waals surface area (Å²) in [6.07, 6.45) is 17.9. The lowest BCUT2D eigenvalue weighted by Gasteiger charge is -2.08. The van der Waals surface area contributed by atoms with Crippen molar-refractivity contribution in [3.63, 3.8) is 0 Å². The first-order chi connectivity index (χ1) is 16.9. The maximum Gasteiger partial charge on any atom is 0.0701 e. The summed E-state index contributed by atoms with van der Waals surface area (Å²) in [5.41, 5.74) is 0. The summed E-state index contributed by atoms with van der Waals surface area (Å²) in [5.74, 6) is 0. The Bertz CT molecular complexity index is 313. The summed E-state index contributed by atoms with van der Waals surface area (Å²) in [6.45, 7) is 9.13. The molecule has 0 aliphatic heterocycles. The van der Waals surface area contributed by atoms with Crippen LogP contribution < -0.4 is 0 Å². The van der Waals surface area contributed by atoms with E-state index in [4.69, 9.17) is 33.5 Å². The SMILES string of the molecule is CCCCCCCCCCCCCCCOCCOCCOCCOCCOCCOCCO. The standard InChI is InChI=1S/C27H56O7/c1-2-3-4-5-6-7-8-9-10-11-12-13-14-16-29-18-20-31-22-24-33-26-27-34-25-23-32-21-19-30-17-15-28/h28H,2-27H2,1H3. The second-order valence-electron chi connectivity index (χ2n) is 8.64. The van der Waals surface area contributed by atoms with Crippen molar-refractivity contribution < 1.29 is 33.5 Å². The van der Waals surface area contributed by atoms with Crippen LogP contribution in [0.3, 0.4) is 0 Å². The van der Waals surface area contributed by atoms with E-state index >= 15 is 0 Å². The molecule has 0 fully saturated rings. The van der Waals surface area contributed by atoms with Crippen molar-refractivity contribution in [3.8, 4) is 0 Å². The second-order valence-corrected chi connectivity index (χ2v) is 8.64. The molecule has 0 bridgehead atoms. The minimum Gasteiger partial charge on any atom is -0.394 e. The molecule has 206 valence electrons. The summed E-state index contributed by atoms with van der Waals surface area (Å²) < 4.78 is 32.4. The van der Waals surface area contributed by atoms with E-state index < -0.39 is 0 Å². The topological polar surface area (TPSA) is 75.6 Å². The third-order valence-electron chi connectivity index (χ3n) is 5.49. The van der Waals surface area contributed by atoms with Crippen LogP contribution in [0.25, 0.3) is 0 Å². The third kappa shape index (κ3) is 31.7. The zero-order valence-corrected chi connectivity index (χ0v) is 22.3. The Labute approximate surface area is 210 Å². The highest BCUT2D eigenvalue weighted by Crippen LogP contribution is 2.12. The lowest BCUT2D eigenvalue weighted by Crippen LogP contribution is -2.14. The van der Waals surface area contributed by atoms with Gasteiger partial charge in [0.15, 0.2) is 0 Å². The fraction of sp³-hybridized carbons (Fsp3) is 1.00. The van der Waals surface area contributed by atoms with Crippen LogP contribution in [-0.2, 0) is 28.4 Å². The molecule has 0 unspecified atom stereocenters. The van der Waals surface area contributed by atoms with Crippen molar-refractivity contribution in [3.05, 3.63) is 0 Å². The number of unbranched alkanes of at least 4 members (excludes halogenated alkanes) is 12. The van der Waals surface area contributed by atoms with Crippen LogP contribution >= 0.6 is 0 Å². The lowest BCUT2D eigenvalue weighted by atomic mass is 10.0. The summed E-state index contributed by atoms with van der Waals surface area (Å²) in [6, 6.07) is 0. The normalized spacial score (nSPS) is 11.5. The number of aliphatic hydroxyl groups is 1. The van der Waals surface area contributed by atoms with Gasteiger partial charge in [0.25, 0.3) is 0 Å². The molecule has 7 heteroatoms. The number of rotatable bonds is 31. The Morgan fingerprint density at radius 3 is 0.912 bits per heavy atom. The van der Waals surface area contributed by atoms with Gasteiger partial charge in [-0.05, 0) is 6.42 Å².